The van der Waals surface area contributed by atoms with Gasteiger partial charge >= 0.3 is 9.15 Å². The average molecular weight is 373 g/mol. The van der Waals surface area contributed by atoms with E-state index in [4.69, 9.17) is 4.55 Å². The summed E-state index contributed by atoms with van der Waals surface area (Å²) in [6.45, 7) is 2.25. The second-order valence-corrected chi connectivity index (χ2v) is 9.74. The molecule has 1 aromatic carbocycles. The Hall–Kier alpha value is -0.520. The number of rotatable bonds is 14. The summed E-state index contributed by atoms with van der Waals surface area (Å²) in [5, 5.41) is 0. The Morgan fingerprint density at radius 2 is 1.33 bits per heavy atom. The highest BCUT2D eigenvalue weighted by Gasteiger charge is 2.08. The van der Waals surface area contributed by atoms with Crippen LogP contribution in [0.25, 0.3) is 0 Å². The predicted octanol–water partition coefficient (Wildman–Crippen LogP) is 6.19. The van der Waals surface area contributed by atoms with Gasteiger partial charge in [-0.1, -0.05) is 89.0 Å². The van der Waals surface area contributed by atoms with Crippen LogP contribution >= 0.6 is 10.8 Å². The van der Waals surface area contributed by atoms with Crippen LogP contribution in [0.3, 0.4) is 0 Å². The molecule has 1 N–H and O–H groups in total. The Kier molecular flexibility index (Phi) is 11.5. The standard InChI is InChI=1S/C19H32O3S2/c1-2-3-4-5-6-7-8-9-10-11-14-18-15-12-13-16-19(18)17-23-24(20,21)22/h12-13,15-16H,2-11,14,17H2,1H3,(H,20,21,22). The fourth-order valence-corrected chi connectivity index (χ4v) is 4.27. The zero-order valence-electron chi connectivity index (χ0n) is 14.9. The van der Waals surface area contributed by atoms with Crippen molar-refractivity contribution < 1.29 is 13.0 Å². The minimum Gasteiger partial charge on any atom is -0.277 e. The third-order valence-corrected chi connectivity index (χ3v) is 6.26. The molecule has 0 aliphatic rings. The Balaban J connectivity index is 2.16. The molecule has 0 aliphatic heterocycles. The van der Waals surface area contributed by atoms with Crippen LogP contribution < -0.4 is 0 Å². The van der Waals surface area contributed by atoms with Gasteiger partial charge in [0.05, 0.1) is 0 Å². The van der Waals surface area contributed by atoms with Crippen LogP contribution in [0.1, 0.15) is 82.3 Å². The van der Waals surface area contributed by atoms with Gasteiger partial charge in [0.25, 0.3) is 0 Å². The summed E-state index contributed by atoms with van der Waals surface area (Å²) in [5.41, 5.74) is 2.21. The van der Waals surface area contributed by atoms with Crippen molar-refractivity contribution in [3.05, 3.63) is 35.4 Å². The molecule has 0 bridgehead atoms. The molecule has 1 aromatic rings. The third-order valence-electron chi connectivity index (χ3n) is 4.28. The van der Waals surface area contributed by atoms with Gasteiger partial charge < -0.3 is 0 Å². The van der Waals surface area contributed by atoms with E-state index in [-0.39, 0.29) is 0 Å². The van der Waals surface area contributed by atoms with Crippen molar-refractivity contribution in [3.8, 4) is 0 Å². The van der Waals surface area contributed by atoms with Gasteiger partial charge in [0, 0.05) is 16.5 Å². The van der Waals surface area contributed by atoms with E-state index in [1.165, 1.54) is 63.4 Å². The highest BCUT2D eigenvalue weighted by atomic mass is 33.1. The van der Waals surface area contributed by atoms with Crippen LogP contribution in [0.4, 0.5) is 0 Å². The molecule has 0 aromatic heterocycles. The summed E-state index contributed by atoms with van der Waals surface area (Å²) in [6.07, 6.45) is 14.1. The summed E-state index contributed by atoms with van der Waals surface area (Å²) < 4.78 is 30.6. The zero-order chi connectivity index (χ0) is 17.7. The van der Waals surface area contributed by atoms with Crippen molar-refractivity contribution in [2.45, 2.75) is 83.3 Å². The fraction of sp³-hybridized carbons (Fsp3) is 0.684. The van der Waals surface area contributed by atoms with Crippen LogP contribution in [0.2, 0.25) is 0 Å². The SMILES string of the molecule is CCCCCCCCCCCCc1ccccc1CSS(=O)(=O)O. The van der Waals surface area contributed by atoms with E-state index in [0.29, 0.717) is 16.5 Å². The Morgan fingerprint density at radius 1 is 0.833 bits per heavy atom. The number of benzene rings is 1. The van der Waals surface area contributed by atoms with Crippen LogP contribution in [-0.4, -0.2) is 13.0 Å². The van der Waals surface area contributed by atoms with Gasteiger partial charge in [-0.15, -0.1) is 0 Å². The number of hydrogen-bond donors (Lipinski definition) is 1. The van der Waals surface area contributed by atoms with Crippen molar-refractivity contribution in [2.24, 2.45) is 0 Å². The van der Waals surface area contributed by atoms with Crippen molar-refractivity contribution in [1.29, 1.82) is 0 Å². The molecule has 0 spiro atoms. The number of unbranched alkanes of at least 4 members (excludes halogenated alkanes) is 9. The topological polar surface area (TPSA) is 54.4 Å². The molecule has 0 amide bonds. The maximum absolute atomic E-state index is 10.9. The lowest BCUT2D eigenvalue weighted by Crippen LogP contribution is -1.96. The van der Waals surface area contributed by atoms with E-state index in [1.54, 1.807) is 0 Å². The van der Waals surface area contributed by atoms with E-state index in [9.17, 15) is 8.42 Å². The van der Waals surface area contributed by atoms with Gasteiger partial charge in [0.2, 0.25) is 0 Å². The van der Waals surface area contributed by atoms with Gasteiger partial charge in [-0.2, -0.15) is 8.42 Å². The molecule has 3 nitrogen and oxygen atoms in total. The molecule has 138 valence electrons. The van der Waals surface area contributed by atoms with E-state index >= 15 is 0 Å². The smallest absolute Gasteiger partial charge is 0.277 e. The first kappa shape index (κ1) is 21.5. The summed E-state index contributed by atoms with van der Waals surface area (Å²) in [7, 11) is -3.38. The highest BCUT2D eigenvalue weighted by Crippen LogP contribution is 2.22. The molecule has 0 fully saturated rings. The fourth-order valence-electron chi connectivity index (χ4n) is 2.88. The average Bonchev–Trinajstić information content (AvgIpc) is 2.55. The molecule has 5 heteroatoms. The second kappa shape index (κ2) is 12.8. The Labute approximate surface area is 151 Å². The van der Waals surface area contributed by atoms with Crippen LogP contribution in [0.15, 0.2) is 24.3 Å². The molecule has 1 rings (SSSR count). The molecule has 0 atom stereocenters. The molecule has 0 radical (unpaired) electrons. The summed E-state index contributed by atoms with van der Waals surface area (Å²) >= 11 is 0. The van der Waals surface area contributed by atoms with Gasteiger partial charge in [0.1, 0.15) is 0 Å². The first-order valence-electron chi connectivity index (χ1n) is 9.21. The van der Waals surface area contributed by atoms with Crippen LogP contribution in [0.5, 0.6) is 0 Å². The lowest BCUT2D eigenvalue weighted by Gasteiger charge is -2.08. The Bertz CT molecular complexity index is 541. The van der Waals surface area contributed by atoms with Crippen LogP contribution in [-0.2, 0) is 21.3 Å². The summed E-state index contributed by atoms with van der Waals surface area (Å²) in [5.74, 6) is 0.312. The molecule has 0 unspecified atom stereocenters. The second-order valence-electron chi connectivity index (χ2n) is 6.39. The molecule has 24 heavy (non-hydrogen) atoms. The normalized spacial score (nSPS) is 11.8. The molecular weight excluding hydrogens is 340 g/mol. The molecule has 0 saturated carbocycles. The maximum atomic E-state index is 10.9. The van der Waals surface area contributed by atoms with Crippen molar-refractivity contribution in [2.75, 3.05) is 0 Å². The first-order chi connectivity index (χ1) is 11.5. The van der Waals surface area contributed by atoms with Crippen molar-refractivity contribution in [3.63, 3.8) is 0 Å². The quantitative estimate of drug-likeness (QED) is 0.240. The van der Waals surface area contributed by atoms with Gasteiger partial charge in [0.15, 0.2) is 0 Å². The third kappa shape index (κ3) is 11.1. The maximum Gasteiger partial charge on any atom is 0.320 e. The number of aryl methyl sites for hydroxylation is 1. The van der Waals surface area contributed by atoms with Crippen molar-refractivity contribution in [1.82, 2.24) is 0 Å². The lowest BCUT2D eigenvalue weighted by atomic mass is 10.0. The highest BCUT2D eigenvalue weighted by molar-refractivity contribution is 8.69. The monoisotopic (exact) mass is 372 g/mol. The van der Waals surface area contributed by atoms with Gasteiger partial charge in [-0.05, 0) is 24.0 Å². The minimum atomic E-state index is -3.97. The molecule has 0 saturated heterocycles. The number of hydrogen-bond acceptors (Lipinski definition) is 3. The van der Waals surface area contributed by atoms with E-state index in [1.807, 2.05) is 18.2 Å². The van der Waals surface area contributed by atoms with Crippen LogP contribution in [0, 0.1) is 0 Å². The predicted molar refractivity (Wildman–Crippen MR) is 105 cm³/mol. The Morgan fingerprint density at radius 3 is 1.88 bits per heavy atom. The van der Waals surface area contributed by atoms with Gasteiger partial charge in [-0.3, -0.25) is 4.55 Å². The van der Waals surface area contributed by atoms with E-state index in [0.717, 1.165) is 18.4 Å². The zero-order valence-corrected chi connectivity index (χ0v) is 16.5. The first-order valence-corrected chi connectivity index (χ1v) is 12.2. The van der Waals surface area contributed by atoms with E-state index in [2.05, 4.69) is 13.0 Å². The summed E-state index contributed by atoms with van der Waals surface area (Å²) in [4.78, 5) is 0. The molecular formula is C19H32O3S2. The molecule has 0 heterocycles. The van der Waals surface area contributed by atoms with E-state index < -0.39 is 9.15 Å². The lowest BCUT2D eigenvalue weighted by molar-refractivity contribution is 0.503. The largest absolute Gasteiger partial charge is 0.320 e. The summed E-state index contributed by atoms with van der Waals surface area (Å²) in [6, 6.07) is 7.92. The molecule has 0 aliphatic carbocycles. The van der Waals surface area contributed by atoms with Crippen molar-refractivity contribution >= 4 is 19.9 Å². The minimum absolute atomic E-state index is 0.312. The van der Waals surface area contributed by atoms with Gasteiger partial charge in [-0.25, -0.2) is 0 Å².